The second-order valence-corrected chi connectivity index (χ2v) is 5.89. The molecule has 18 heavy (non-hydrogen) atoms. The minimum atomic E-state index is -0.125. The van der Waals surface area contributed by atoms with Gasteiger partial charge >= 0.3 is 0 Å². The van der Waals surface area contributed by atoms with Crippen LogP contribution in [0.3, 0.4) is 0 Å². The Morgan fingerprint density at radius 3 is 2.39 bits per heavy atom. The first-order valence-corrected chi connectivity index (χ1v) is 6.88. The molecule has 3 rings (SSSR count). The van der Waals surface area contributed by atoms with Crippen LogP contribution in [-0.4, -0.2) is 41.3 Å². The van der Waals surface area contributed by atoms with Crippen molar-refractivity contribution in [2.24, 2.45) is 0 Å². The van der Waals surface area contributed by atoms with Crippen molar-refractivity contribution in [1.82, 2.24) is 4.90 Å². The number of fused-ring (bicyclic) bond motifs is 2. The van der Waals surface area contributed by atoms with Crippen LogP contribution >= 0.6 is 0 Å². The Kier molecular flexibility index (Phi) is 3.04. The average Bonchev–Trinajstić information content (AvgIpc) is 2.64. The fourth-order valence-corrected chi connectivity index (χ4v) is 3.67. The molecule has 2 N–H and O–H groups in total. The molecule has 2 bridgehead atoms. The van der Waals surface area contributed by atoms with Crippen molar-refractivity contribution in [1.29, 1.82) is 0 Å². The van der Waals surface area contributed by atoms with Gasteiger partial charge in [0.05, 0.1) is 12.1 Å². The monoisotopic (exact) mass is 246 g/mol. The lowest BCUT2D eigenvalue weighted by Crippen LogP contribution is -2.55. The van der Waals surface area contributed by atoms with Crippen molar-refractivity contribution in [3.8, 4) is 0 Å². The highest BCUT2D eigenvalue weighted by atomic mass is 16.3. The summed E-state index contributed by atoms with van der Waals surface area (Å²) in [7, 11) is 2.23. The lowest BCUT2D eigenvalue weighted by molar-refractivity contribution is 0.0833. The number of hydrogen-bond donors (Lipinski definition) is 2. The van der Waals surface area contributed by atoms with Gasteiger partial charge in [0.2, 0.25) is 0 Å². The predicted octanol–water partition coefficient (Wildman–Crippen LogP) is 2.09. The van der Waals surface area contributed by atoms with Crippen LogP contribution in [0.1, 0.15) is 25.7 Å². The van der Waals surface area contributed by atoms with Crippen molar-refractivity contribution in [3.05, 3.63) is 30.3 Å². The van der Waals surface area contributed by atoms with Crippen LogP contribution in [0.25, 0.3) is 0 Å². The van der Waals surface area contributed by atoms with Gasteiger partial charge in [-0.15, -0.1) is 0 Å². The Morgan fingerprint density at radius 2 is 1.83 bits per heavy atom. The van der Waals surface area contributed by atoms with Gasteiger partial charge < -0.3 is 15.3 Å². The Morgan fingerprint density at radius 1 is 1.22 bits per heavy atom. The van der Waals surface area contributed by atoms with Gasteiger partial charge in [-0.1, -0.05) is 18.2 Å². The van der Waals surface area contributed by atoms with E-state index < -0.39 is 0 Å². The van der Waals surface area contributed by atoms with Gasteiger partial charge in [0.1, 0.15) is 0 Å². The number of rotatable bonds is 3. The van der Waals surface area contributed by atoms with E-state index in [1.54, 1.807) is 0 Å². The number of para-hydroxylation sites is 1. The molecule has 3 heteroatoms. The number of aliphatic hydroxyl groups is 1. The number of anilines is 1. The number of benzene rings is 1. The maximum atomic E-state index is 9.87. The minimum absolute atomic E-state index is 0.125. The molecule has 0 amide bonds. The molecule has 2 aliphatic rings. The maximum Gasteiger partial charge on any atom is 0.0662 e. The largest absolute Gasteiger partial charge is 0.394 e. The molecule has 2 fully saturated rings. The topological polar surface area (TPSA) is 35.5 Å². The summed E-state index contributed by atoms with van der Waals surface area (Å²) in [5, 5.41) is 13.5. The second kappa shape index (κ2) is 4.56. The summed E-state index contributed by atoms with van der Waals surface area (Å²) in [5.41, 5.74) is 0.996. The molecule has 2 aliphatic heterocycles. The van der Waals surface area contributed by atoms with E-state index in [2.05, 4.69) is 29.4 Å². The second-order valence-electron chi connectivity index (χ2n) is 5.89. The van der Waals surface area contributed by atoms with E-state index in [1.807, 2.05) is 18.2 Å². The molecule has 0 saturated carbocycles. The molecule has 0 aromatic heterocycles. The summed E-state index contributed by atoms with van der Waals surface area (Å²) in [6.45, 7) is 0.225. The Hall–Kier alpha value is -1.06. The van der Waals surface area contributed by atoms with Crippen LogP contribution in [0, 0.1) is 0 Å². The molecule has 1 aromatic rings. The fraction of sp³-hybridized carbons (Fsp3) is 0.600. The number of piperidine rings is 1. The number of nitrogens with one attached hydrogen (secondary N) is 1. The van der Waals surface area contributed by atoms with Crippen LogP contribution in [0.4, 0.5) is 5.69 Å². The van der Waals surface area contributed by atoms with E-state index >= 15 is 0 Å². The minimum Gasteiger partial charge on any atom is -0.394 e. The predicted molar refractivity (Wildman–Crippen MR) is 73.7 cm³/mol. The average molecular weight is 246 g/mol. The first-order valence-electron chi connectivity index (χ1n) is 6.88. The molecule has 3 nitrogen and oxygen atoms in total. The number of hydrogen-bond acceptors (Lipinski definition) is 3. The molecular formula is C15H22N2O. The summed E-state index contributed by atoms with van der Waals surface area (Å²) in [6, 6.07) is 11.5. The molecule has 0 aliphatic carbocycles. The summed E-state index contributed by atoms with van der Waals surface area (Å²) in [4.78, 5) is 2.50. The third-order valence-electron chi connectivity index (χ3n) is 4.72. The van der Waals surface area contributed by atoms with Crippen LogP contribution in [0.2, 0.25) is 0 Å². The van der Waals surface area contributed by atoms with Gasteiger partial charge in [-0.3, -0.25) is 0 Å². The van der Waals surface area contributed by atoms with Crippen LogP contribution in [-0.2, 0) is 0 Å². The summed E-state index contributed by atoms with van der Waals surface area (Å²) >= 11 is 0. The van der Waals surface area contributed by atoms with E-state index in [4.69, 9.17) is 0 Å². The molecule has 0 radical (unpaired) electrons. The van der Waals surface area contributed by atoms with Crippen LogP contribution < -0.4 is 5.32 Å². The summed E-state index contributed by atoms with van der Waals surface area (Å²) in [5.74, 6) is 0. The smallest absolute Gasteiger partial charge is 0.0662 e. The first kappa shape index (κ1) is 12.0. The van der Waals surface area contributed by atoms with Gasteiger partial charge in [0, 0.05) is 17.8 Å². The Balaban J connectivity index is 1.80. The van der Waals surface area contributed by atoms with E-state index in [9.17, 15) is 5.11 Å². The number of nitrogens with zero attached hydrogens (tertiary/aromatic N) is 1. The normalized spacial score (nSPS) is 35.7. The van der Waals surface area contributed by atoms with Gasteiger partial charge in [-0.2, -0.15) is 0 Å². The number of aliphatic hydroxyl groups excluding tert-OH is 1. The third kappa shape index (κ3) is 2.02. The van der Waals surface area contributed by atoms with Gasteiger partial charge in [0.15, 0.2) is 0 Å². The molecular weight excluding hydrogens is 224 g/mol. The summed E-state index contributed by atoms with van der Waals surface area (Å²) < 4.78 is 0. The molecule has 2 atom stereocenters. The highest BCUT2D eigenvalue weighted by Crippen LogP contribution is 2.41. The third-order valence-corrected chi connectivity index (χ3v) is 4.72. The zero-order chi connectivity index (χ0) is 12.6. The van der Waals surface area contributed by atoms with Crippen molar-refractivity contribution in [3.63, 3.8) is 0 Å². The molecule has 98 valence electrons. The quantitative estimate of drug-likeness (QED) is 0.857. The van der Waals surface area contributed by atoms with Crippen LogP contribution in [0.5, 0.6) is 0 Å². The van der Waals surface area contributed by atoms with Crippen molar-refractivity contribution < 1.29 is 5.11 Å². The lowest BCUT2D eigenvalue weighted by Gasteiger charge is -2.45. The van der Waals surface area contributed by atoms with E-state index in [1.165, 1.54) is 12.8 Å². The zero-order valence-electron chi connectivity index (χ0n) is 11.0. The lowest BCUT2D eigenvalue weighted by atomic mass is 9.83. The van der Waals surface area contributed by atoms with Crippen LogP contribution in [0.15, 0.2) is 30.3 Å². The van der Waals surface area contributed by atoms with E-state index in [0.29, 0.717) is 12.1 Å². The molecule has 2 saturated heterocycles. The molecule has 1 aromatic carbocycles. The van der Waals surface area contributed by atoms with E-state index in [-0.39, 0.29) is 12.1 Å². The SMILES string of the molecule is CN1C2CCC1CC(CO)(Nc1ccccc1)C2. The highest BCUT2D eigenvalue weighted by molar-refractivity contribution is 5.45. The molecule has 0 spiro atoms. The summed E-state index contributed by atoms with van der Waals surface area (Å²) in [6.07, 6.45) is 4.65. The van der Waals surface area contributed by atoms with Crippen molar-refractivity contribution in [2.75, 3.05) is 19.0 Å². The zero-order valence-corrected chi connectivity index (χ0v) is 11.0. The van der Waals surface area contributed by atoms with Gasteiger partial charge in [-0.05, 0) is 44.9 Å². The Labute approximate surface area is 109 Å². The molecule has 2 heterocycles. The highest BCUT2D eigenvalue weighted by Gasteiger charge is 2.46. The first-order chi connectivity index (χ1) is 8.72. The molecule has 2 unspecified atom stereocenters. The van der Waals surface area contributed by atoms with Crippen molar-refractivity contribution in [2.45, 2.75) is 43.3 Å². The van der Waals surface area contributed by atoms with Gasteiger partial charge in [0.25, 0.3) is 0 Å². The van der Waals surface area contributed by atoms with E-state index in [0.717, 1.165) is 18.5 Å². The van der Waals surface area contributed by atoms with Crippen molar-refractivity contribution >= 4 is 5.69 Å². The maximum absolute atomic E-state index is 9.87. The fourth-order valence-electron chi connectivity index (χ4n) is 3.67. The standard InChI is InChI=1S/C15H22N2O/c1-17-13-7-8-14(17)10-15(9-13,11-18)16-12-5-3-2-4-6-12/h2-6,13-14,16,18H,7-11H2,1H3. The Bertz CT molecular complexity index is 392. The van der Waals surface area contributed by atoms with Gasteiger partial charge in [-0.25, -0.2) is 0 Å².